The Labute approximate surface area is 139 Å². The lowest BCUT2D eigenvalue weighted by Crippen LogP contribution is -2.22. The summed E-state index contributed by atoms with van der Waals surface area (Å²) >= 11 is 5.87. The van der Waals surface area contributed by atoms with Crippen molar-refractivity contribution in [3.05, 3.63) is 76.5 Å². The van der Waals surface area contributed by atoms with Crippen molar-refractivity contribution in [3.8, 4) is 11.3 Å². The Hall–Kier alpha value is -2.59. The van der Waals surface area contributed by atoms with Gasteiger partial charge in [0, 0.05) is 22.2 Å². The number of hydrogen-bond donors (Lipinski definition) is 1. The monoisotopic (exact) mass is 326 g/mol. The summed E-state index contributed by atoms with van der Waals surface area (Å²) in [5.74, 6) is 0.449. The number of aromatic nitrogens is 1. The second kappa shape index (κ2) is 6.67. The molecule has 0 saturated heterocycles. The van der Waals surface area contributed by atoms with Crippen LogP contribution in [0.1, 0.15) is 21.7 Å². The molecule has 0 fully saturated rings. The summed E-state index contributed by atoms with van der Waals surface area (Å²) < 4.78 is 5.26. The minimum absolute atomic E-state index is 0.144. The number of halogens is 1. The fourth-order valence-corrected chi connectivity index (χ4v) is 2.25. The van der Waals surface area contributed by atoms with Crippen LogP contribution in [-0.4, -0.2) is 11.1 Å². The molecule has 23 heavy (non-hydrogen) atoms. The third-order valence-electron chi connectivity index (χ3n) is 3.44. The predicted octanol–water partition coefficient (Wildman–Crippen LogP) is 4.23. The standard InChI is InChI=1S/C18H15ClN2O2/c1-12-2-4-14(5-3-12)18(22)20-11-16-10-17(21-23-16)13-6-8-15(19)9-7-13/h2-10H,11H2,1H3,(H,20,22). The van der Waals surface area contributed by atoms with Crippen LogP contribution in [0.3, 0.4) is 0 Å². The molecule has 3 aromatic rings. The number of hydrogen-bond acceptors (Lipinski definition) is 3. The van der Waals surface area contributed by atoms with Crippen LogP contribution in [0.5, 0.6) is 0 Å². The van der Waals surface area contributed by atoms with Crippen LogP contribution >= 0.6 is 11.6 Å². The molecule has 3 rings (SSSR count). The van der Waals surface area contributed by atoms with Gasteiger partial charge >= 0.3 is 0 Å². The topological polar surface area (TPSA) is 55.1 Å². The molecule has 0 saturated carbocycles. The summed E-state index contributed by atoms with van der Waals surface area (Å²) in [6, 6.07) is 16.5. The van der Waals surface area contributed by atoms with Crippen LogP contribution in [-0.2, 0) is 6.54 Å². The summed E-state index contributed by atoms with van der Waals surface area (Å²) in [4.78, 5) is 12.1. The number of aryl methyl sites for hydroxylation is 1. The molecular formula is C18H15ClN2O2. The lowest BCUT2D eigenvalue weighted by atomic mass is 10.1. The zero-order chi connectivity index (χ0) is 16.2. The molecular weight excluding hydrogens is 312 g/mol. The van der Waals surface area contributed by atoms with Gasteiger partial charge in [0.2, 0.25) is 0 Å². The molecule has 0 aliphatic carbocycles. The molecule has 5 heteroatoms. The van der Waals surface area contributed by atoms with E-state index >= 15 is 0 Å². The van der Waals surface area contributed by atoms with Crippen molar-refractivity contribution in [1.82, 2.24) is 10.5 Å². The van der Waals surface area contributed by atoms with Crippen molar-refractivity contribution in [2.24, 2.45) is 0 Å². The van der Waals surface area contributed by atoms with Crippen LogP contribution in [0.25, 0.3) is 11.3 Å². The van der Waals surface area contributed by atoms with Gasteiger partial charge in [0.15, 0.2) is 5.76 Å². The molecule has 116 valence electrons. The maximum Gasteiger partial charge on any atom is 0.251 e. The summed E-state index contributed by atoms with van der Waals surface area (Å²) in [6.45, 7) is 2.27. The Morgan fingerprint density at radius 3 is 2.52 bits per heavy atom. The Morgan fingerprint density at radius 1 is 1.13 bits per heavy atom. The van der Waals surface area contributed by atoms with Gasteiger partial charge in [-0.1, -0.05) is 46.6 Å². The van der Waals surface area contributed by atoms with Crippen molar-refractivity contribution >= 4 is 17.5 Å². The normalized spacial score (nSPS) is 10.5. The van der Waals surface area contributed by atoms with Crippen molar-refractivity contribution in [2.45, 2.75) is 13.5 Å². The third kappa shape index (κ3) is 3.79. The van der Waals surface area contributed by atoms with E-state index in [-0.39, 0.29) is 12.5 Å². The van der Waals surface area contributed by atoms with Gasteiger partial charge in [-0.05, 0) is 31.2 Å². The quantitative estimate of drug-likeness (QED) is 0.780. The number of carbonyl (C=O) groups excluding carboxylic acids is 1. The Balaban J connectivity index is 1.64. The SMILES string of the molecule is Cc1ccc(C(=O)NCc2cc(-c3ccc(Cl)cc3)no2)cc1. The Kier molecular flexibility index (Phi) is 4.44. The molecule has 1 aromatic heterocycles. The van der Waals surface area contributed by atoms with Gasteiger partial charge in [-0.15, -0.1) is 0 Å². The first-order chi connectivity index (χ1) is 11.1. The van der Waals surface area contributed by atoms with E-state index in [4.69, 9.17) is 16.1 Å². The summed E-state index contributed by atoms with van der Waals surface area (Å²) in [5.41, 5.74) is 3.35. The molecule has 0 atom stereocenters. The first kappa shape index (κ1) is 15.3. The molecule has 1 heterocycles. The van der Waals surface area contributed by atoms with Gasteiger partial charge in [0.05, 0.1) is 6.54 Å². The highest BCUT2D eigenvalue weighted by Crippen LogP contribution is 2.21. The van der Waals surface area contributed by atoms with Gasteiger partial charge < -0.3 is 9.84 Å². The fraction of sp³-hybridized carbons (Fsp3) is 0.111. The zero-order valence-corrected chi connectivity index (χ0v) is 13.3. The first-order valence-corrected chi connectivity index (χ1v) is 7.56. The van der Waals surface area contributed by atoms with Crippen molar-refractivity contribution < 1.29 is 9.32 Å². The van der Waals surface area contributed by atoms with Crippen LogP contribution in [0, 0.1) is 6.92 Å². The molecule has 0 aliphatic heterocycles. The van der Waals surface area contributed by atoms with Crippen molar-refractivity contribution in [3.63, 3.8) is 0 Å². The number of nitrogens with one attached hydrogen (secondary N) is 1. The van der Waals surface area contributed by atoms with E-state index in [1.807, 2.05) is 31.2 Å². The van der Waals surface area contributed by atoms with E-state index < -0.39 is 0 Å². The number of rotatable bonds is 4. The largest absolute Gasteiger partial charge is 0.359 e. The fourth-order valence-electron chi connectivity index (χ4n) is 2.13. The minimum Gasteiger partial charge on any atom is -0.359 e. The third-order valence-corrected chi connectivity index (χ3v) is 3.69. The summed E-state index contributed by atoms with van der Waals surface area (Å²) in [5, 5.41) is 7.49. The van der Waals surface area contributed by atoms with E-state index in [9.17, 15) is 4.79 Å². The summed E-state index contributed by atoms with van der Waals surface area (Å²) in [7, 11) is 0. The number of amides is 1. The second-order valence-corrected chi connectivity index (χ2v) is 5.67. The Morgan fingerprint density at radius 2 is 1.83 bits per heavy atom. The van der Waals surface area contributed by atoms with Crippen LogP contribution in [0.2, 0.25) is 5.02 Å². The molecule has 0 aliphatic rings. The second-order valence-electron chi connectivity index (χ2n) is 5.23. The molecule has 0 radical (unpaired) electrons. The highest BCUT2D eigenvalue weighted by Gasteiger charge is 2.09. The Bertz CT molecular complexity index is 808. The first-order valence-electron chi connectivity index (χ1n) is 7.18. The van der Waals surface area contributed by atoms with Crippen LogP contribution in [0.4, 0.5) is 0 Å². The highest BCUT2D eigenvalue weighted by atomic mass is 35.5. The molecule has 0 unspecified atom stereocenters. The van der Waals surface area contributed by atoms with Gasteiger partial charge in [-0.25, -0.2) is 0 Å². The minimum atomic E-state index is -0.144. The zero-order valence-electron chi connectivity index (χ0n) is 12.5. The molecule has 1 amide bonds. The highest BCUT2D eigenvalue weighted by molar-refractivity contribution is 6.30. The van der Waals surface area contributed by atoms with Gasteiger partial charge in [0.25, 0.3) is 5.91 Å². The summed E-state index contributed by atoms with van der Waals surface area (Å²) in [6.07, 6.45) is 0. The van der Waals surface area contributed by atoms with E-state index in [1.165, 1.54) is 0 Å². The average molecular weight is 327 g/mol. The molecule has 1 N–H and O–H groups in total. The number of nitrogens with zero attached hydrogens (tertiary/aromatic N) is 1. The van der Waals surface area contributed by atoms with E-state index in [0.29, 0.717) is 22.0 Å². The number of carbonyl (C=O) groups is 1. The lowest BCUT2D eigenvalue weighted by molar-refractivity contribution is 0.0947. The van der Waals surface area contributed by atoms with Crippen molar-refractivity contribution in [2.75, 3.05) is 0 Å². The van der Waals surface area contributed by atoms with Gasteiger partial charge in [-0.2, -0.15) is 0 Å². The molecule has 0 spiro atoms. The maximum atomic E-state index is 12.1. The van der Waals surface area contributed by atoms with E-state index in [1.54, 1.807) is 30.3 Å². The lowest BCUT2D eigenvalue weighted by Gasteiger charge is -2.02. The maximum absolute atomic E-state index is 12.1. The molecule has 0 bridgehead atoms. The molecule has 2 aromatic carbocycles. The van der Waals surface area contributed by atoms with E-state index in [0.717, 1.165) is 11.1 Å². The van der Waals surface area contributed by atoms with Gasteiger partial charge in [0.1, 0.15) is 5.69 Å². The van der Waals surface area contributed by atoms with Crippen molar-refractivity contribution in [1.29, 1.82) is 0 Å². The predicted molar refractivity (Wildman–Crippen MR) is 89.3 cm³/mol. The van der Waals surface area contributed by atoms with Gasteiger partial charge in [-0.3, -0.25) is 4.79 Å². The van der Waals surface area contributed by atoms with E-state index in [2.05, 4.69) is 10.5 Å². The molecule has 4 nitrogen and oxygen atoms in total. The van der Waals surface area contributed by atoms with Crippen LogP contribution < -0.4 is 5.32 Å². The van der Waals surface area contributed by atoms with Crippen LogP contribution in [0.15, 0.2) is 59.1 Å². The average Bonchev–Trinajstić information content (AvgIpc) is 3.03. The smallest absolute Gasteiger partial charge is 0.251 e. The number of benzene rings is 2.